The van der Waals surface area contributed by atoms with Crippen molar-refractivity contribution in [2.24, 2.45) is 28.2 Å². The lowest BCUT2D eigenvalue weighted by Crippen LogP contribution is -2.56. The van der Waals surface area contributed by atoms with Crippen molar-refractivity contribution >= 4 is 134 Å². The molecule has 8 aromatic heterocycles. The Hall–Kier alpha value is -12.9. The zero-order valence-corrected chi connectivity index (χ0v) is 61.4. The highest BCUT2D eigenvalue weighted by atomic mass is 35.5. The number of fused-ring (bicyclic) bond motifs is 8. The summed E-state index contributed by atoms with van der Waals surface area (Å²) in [4.78, 5) is 76.6. The molecule has 11 heterocycles. The third-order valence-electron chi connectivity index (χ3n) is 20.4. The van der Waals surface area contributed by atoms with Crippen LogP contribution in [0.1, 0.15) is 40.0 Å². The highest BCUT2D eigenvalue weighted by Gasteiger charge is 2.30. The molecule has 3 N–H and O–H groups in total. The molecule has 0 spiro atoms. The summed E-state index contributed by atoms with van der Waals surface area (Å²) >= 11 is 6.22. The number of nitrogens with one attached hydrogen (secondary N) is 3. The van der Waals surface area contributed by atoms with Crippen LogP contribution in [0, 0.1) is 0 Å². The summed E-state index contributed by atoms with van der Waals surface area (Å²) in [6.07, 6.45) is 24.1. The molecule has 3 fully saturated rings. The Morgan fingerprint density at radius 2 is 0.657 bits per heavy atom. The monoisotopic (exact) mass is 1450 g/mol. The number of amides is 3. The molecule has 0 bridgehead atoms. The van der Waals surface area contributed by atoms with Crippen LogP contribution in [0.3, 0.4) is 0 Å². The molecular formula is C82H77ClN22O3. The first kappa shape index (κ1) is 69.5. The lowest BCUT2D eigenvalue weighted by Gasteiger charge is -2.39. The van der Waals surface area contributed by atoms with Gasteiger partial charge in [-0.25, -0.2) is 0 Å². The fourth-order valence-electron chi connectivity index (χ4n) is 14.7. The zero-order chi connectivity index (χ0) is 74.3. The molecule has 0 aliphatic carbocycles. The van der Waals surface area contributed by atoms with E-state index in [2.05, 4.69) is 167 Å². The highest BCUT2D eigenvalue weighted by Crippen LogP contribution is 2.38. The summed E-state index contributed by atoms with van der Waals surface area (Å²) in [5.74, 6) is 0.382. The lowest BCUT2D eigenvalue weighted by molar-refractivity contribution is -0.132. The van der Waals surface area contributed by atoms with Crippen LogP contribution in [0.15, 0.2) is 196 Å². The average molecular weight is 1450 g/mol. The maximum atomic E-state index is 11.8. The van der Waals surface area contributed by atoms with E-state index in [4.69, 9.17) is 11.6 Å². The summed E-state index contributed by atoms with van der Waals surface area (Å²) in [6, 6.07) is 42.1. The van der Waals surface area contributed by atoms with Gasteiger partial charge in [0.1, 0.15) is 0 Å². The van der Waals surface area contributed by atoms with Crippen LogP contribution in [0.5, 0.6) is 0 Å². The molecule has 0 unspecified atom stereocenters. The Bertz CT molecular complexity index is 6140. The molecule has 0 saturated carbocycles. The van der Waals surface area contributed by atoms with Crippen molar-refractivity contribution in [1.82, 2.24) is 93.7 Å². The Kier molecular flexibility index (Phi) is 19.0. The average Bonchev–Trinajstić information content (AvgIpc) is 1.27. The minimum atomic E-state index is 0.118. The van der Waals surface area contributed by atoms with Crippen molar-refractivity contribution in [3.63, 3.8) is 0 Å². The summed E-state index contributed by atoms with van der Waals surface area (Å²) < 4.78 is 7.49. The molecule has 3 aliphatic rings. The molecule has 540 valence electrons. The van der Waals surface area contributed by atoms with Crippen LogP contribution in [0.2, 0.25) is 5.02 Å². The van der Waals surface area contributed by atoms with Crippen LogP contribution >= 0.6 is 11.6 Å². The van der Waals surface area contributed by atoms with Crippen LogP contribution < -0.4 is 16.0 Å². The molecule has 8 aromatic carbocycles. The number of aromatic nitrogens is 16. The number of aryl methyl sites for hydroxylation is 4. The number of hydrogen-bond donors (Lipinski definition) is 3. The van der Waals surface area contributed by atoms with Crippen molar-refractivity contribution in [2.45, 2.75) is 58.2 Å². The third-order valence-corrected chi connectivity index (χ3v) is 20.7. The van der Waals surface area contributed by atoms with Gasteiger partial charge in [0.15, 0.2) is 0 Å². The number of nitrogens with zero attached hydrogens (tertiary/aromatic N) is 19. The molecule has 16 aromatic rings. The molecule has 3 aliphatic heterocycles. The topological polar surface area (TPSA) is 271 Å². The number of anilines is 3. The summed E-state index contributed by atoms with van der Waals surface area (Å²) in [6.45, 7) is 9.41. The standard InChI is InChI=1S/C23H24N6O.C22H22N6O.C21H20N6O.C16H11ClN4/c1-15(30)29-9-3-4-18(14-29)27-19-11-20(23-21(12-19)24-7-8-25-23)16-5-6-17-13-26-28(2)22(17)10-16;1-14(29)28-8-5-17(13-28)26-18-10-19(22-20(11-18)23-6-7-24-22)15-3-4-16-12-25-27(2)21(16)9-15;1-13(28)27-11-17(12-27)25-16-8-18(21-19(9-16)22-5-6-23-21)14-3-4-15-10-24-26(2)20(15)7-14;1-21-15-6-10(2-3-11(15)9-20-21)13-7-12(17)8-14-16(13)19-5-4-18-14/h5-8,10-13,18,27H,3-4,9,14H2,1-2H3;3-4,6-7,9-12,17,26H,5,8,13H2,1-2H3;3-10,17,25H,11-12H2,1-2H3;2-9H,1H3/t18-;17-;;/m00../s1. The van der Waals surface area contributed by atoms with Crippen LogP contribution in [-0.2, 0) is 42.6 Å². The van der Waals surface area contributed by atoms with Crippen molar-refractivity contribution in [2.75, 3.05) is 55.2 Å². The van der Waals surface area contributed by atoms with E-state index in [0.717, 1.165) is 208 Å². The molecule has 25 nitrogen and oxygen atoms in total. The summed E-state index contributed by atoms with van der Waals surface area (Å²) in [7, 11) is 7.77. The first-order chi connectivity index (χ1) is 52.5. The van der Waals surface area contributed by atoms with E-state index >= 15 is 0 Å². The van der Waals surface area contributed by atoms with Gasteiger partial charge in [0.25, 0.3) is 0 Å². The van der Waals surface area contributed by atoms with Gasteiger partial charge in [0.05, 0.1) is 97.0 Å². The van der Waals surface area contributed by atoms with E-state index in [1.165, 1.54) is 0 Å². The summed E-state index contributed by atoms with van der Waals surface area (Å²) in [5.41, 5.74) is 22.4. The van der Waals surface area contributed by atoms with Crippen molar-refractivity contribution in [3.8, 4) is 44.5 Å². The molecule has 3 saturated heterocycles. The SMILES string of the molecule is CC(=O)N1CC(Nc2cc(-c3ccc4cnn(C)c4c3)c3nccnc3c2)C1.CC(=O)N1CCC[C@H](Nc2cc(-c3ccc4cnn(C)c4c3)c3nccnc3c2)C1.CC(=O)N1CC[C@H](Nc2cc(-c3ccc4cnn(C)c4c3)c3nccnc3c2)C1.Cn1ncc2ccc(-c3cc(Cl)cc4nccnc34)cc21. The second-order valence-corrected chi connectivity index (χ2v) is 28.1. The van der Waals surface area contributed by atoms with Crippen LogP contribution in [0.25, 0.3) is 132 Å². The highest BCUT2D eigenvalue weighted by molar-refractivity contribution is 6.31. The second-order valence-electron chi connectivity index (χ2n) is 27.7. The van der Waals surface area contributed by atoms with Crippen molar-refractivity contribution < 1.29 is 14.4 Å². The normalized spacial score (nSPS) is 15.1. The molecule has 19 rings (SSSR count). The van der Waals surface area contributed by atoms with E-state index < -0.39 is 0 Å². The van der Waals surface area contributed by atoms with E-state index in [-0.39, 0.29) is 35.8 Å². The van der Waals surface area contributed by atoms with E-state index in [1.807, 2.05) is 117 Å². The summed E-state index contributed by atoms with van der Waals surface area (Å²) in [5, 5.41) is 33.1. The van der Waals surface area contributed by atoms with E-state index in [1.54, 1.807) is 70.3 Å². The first-order valence-corrected chi connectivity index (χ1v) is 36.2. The fourth-order valence-corrected chi connectivity index (χ4v) is 14.9. The Morgan fingerprint density at radius 1 is 0.352 bits per heavy atom. The predicted molar refractivity (Wildman–Crippen MR) is 425 cm³/mol. The van der Waals surface area contributed by atoms with Gasteiger partial charge >= 0.3 is 0 Å². The van der Waals surface area contributed by atoms with E-state index in [0.29, 0.717) is 5.02 Å². The second kappa shape index (κ2) is 29.6. The molecule has 26 heteroatoms. The third kappa shape index (κ3) is 14.4. The fraction of sp³-hybridized carbons (Fsp3) is 0.232. The molecule has 2 atom stereocenters. The zero-order valence-electron chi connectivity index (χ0n) is 60.7. The number of carbonyl (C=O) groups excluding carboxylic acids is 3. The Balaban J connectivity index is 0.000000111. The smallest absolute Gasteiger partial charge is 0.219 e. The molecule has 108 heavy (non-hydrogen) atoms. The Labute approximate surface area is 625 Å². The van der Waals surface area contributed by atoms with E-state index in [9.17, 15) is 14.4 Å². The van der Waals surface area contributed by atoms with Gasteiger partial charge in [-0.15, -0.1) is 0 Å². The van der Waals surface area contributed by atoms with Gasteiger partial charge in [0, 0.05) is 216 Å². The van der Waals surface area contributed by atoms with Gasteiger partial charge in [-0.2, -0.15) is 20.4 Å². The van der Waals surface area contributed by atoms with Crippen molar-refractivity contribution in [3.05, 3.63) is 201 Å². The lowest BCUT2D eigenvalue weighted by atomic mass is 10.0. The number of piperidine rings is 1. The van der Waals surface area contributed by atoms with Crippen LogP contribution in [-0.4, -0.2) is 169 Å². The van der Waals surface area contributed by atoms with Gasteiger partial charge in [-0.05, 0) is 114 Å². The number of rotatable bonds is 10. The molecular weight excluding hydrogens is 1380 g/mol. The maximum Gasteiger partial charge on any atom is 0.219 e. The largest absolute Gasteiger partial charge is 0.380 e. The van der Waals surface area contributed by atoms with Gasteiger partial charge in [0.2, 0.25) is 17.7 Å². The quantitative estimate of drug-likeness (QED) is 0.115. The number of likely N-dealkylation sites (tertiary alicyclic amines) is 3. The minimum Gasteiger partial charge on any atom is -0.380 e. The van der Waals surface area contributed by atoms with Crippen molar-refractivity contribution in [1.29, 1.82) is 0 Å². The molecule has 0 radical (unpaired) electrons. The van der Waals surface area contributed by atoms with Gasteiger partial charge in [-0.1, -0.05) is 60.1 Å². The number of benzene rings is 8. The van der Waals surface area contributed by atoms with Gasteiger partial charge < -0.3 is 30.7 Å². The Morgan fingerprint density at radius 3 is 1.01 bits per heavy atom. The molecule has 3 amide bonds. The number of hydrogen-bond acceptors (Lipinski definition) is 18. The first-order valence-electron chi connectivity index (χ1n) is 35.9. The van der Waals surface area contributed by atoms with Crippen LogP contribution in [0.4, 0.5) is 17.1 Å². The number of halogens is 1. The minimum absolute atomic E-state index is 0.118. The van der Waals surface area contributed by atoms with Gasteiger partial charge in [-0.3, -0.25) is 73.0 Å². The maximum absolute atomic E-state index is 11.8. The number of carbonyl (C=O) groups is 3. The predicted octanol–water partition coefficient (Wildman–Crippen LogP) is 13.5.